The van der Waals surface area contributed by atoms with Gasteiger partial charge in [0.15, 0.2) is 0 Å². The van der Waals surface area contributed by atoms with Crippen molar-refractivity contribution < 1.29 is 42.1 Å². The van der Waals surface area contributed by atoms with Crippen LogP contribution in [0.25, 0.3) is 0 Å². The number of esters is 2. The third kappa shape index (κ3) is 23.2. The minimum Gasteiger partial charge on any atom is -0.756 e. The molecular formula is C26H50NO8P. The van der Waals surface area contributed by atoms with E-state index in [9.17, 15) is 19.0 Å². The summed E-state index contributed by atoms with van der Waals surface area (Å²) in [5.74, 6) is -1.18. The van der Waals surface area contributed by atoms with Gasteiger partial charge in [0.25, 0.3) is 7.82 Å². The minimum absolute atomic E-state index is 0.0673. The number of ether oxygens (including phenoxy) is 2. The summed E-state index contributed by atoms with van der Waals surface area (Å²) in [6.07, 6.45) is 14.3. The van der Waals surface area contributed by atoms with Crippen LogP contribution in [0.15, 0.2) is 12.7 Å². The number of likely N-dealkylation sites (N-methyl/N-ethyl adjacent to an activating group) is 1. The van der Waals surface area contributed by atoms with E-state index in [4.69, 9.17) is 18.5 Å². The van der Waals surface area contributed by atoms with E-state index in [2.05, 4.69) is 13.5 Å². The predicted molar refractivity (Wildman–Crippen MR) is 139 cm³/mol. The Morgan fingerprint density at radius 3 is 1.89 bits per heavy atom. The molecule has 0 aliphatic heterocycles. The minimum atomic E-state index is -4.68. The molecule has 0 aromatic carbocycles. The number of unbranched alkanes of at least 4 members (excludes halogenated alkanes) is 11. The summed E-state index contributed by atoms with van der Waals surface area (Å²) in [6, 6.07) is 0. The number of quaternary nitrogens is 1. The molecule has 0 saturated heterocycles. The second-order valence-corrected chi connectivity index (χ2v) is 11.5. The maximum atomic E-state index is 12.2. The third-order valence-corrected chi connectivity index (χ3v) is 6.59. The van der Waals surface area contributed by atoms with Crippen LogP contribution >= 0.6 is 7.82 Å². The Labute approximate surface area is 218 Å². The second-order valence-electron chi connectivity index (χ2n) is 10.2. The summed E-state index contributed by atoms with van der Waals surface area (Å²) in [7, 11) is 1.01. The van der Waals surface area contributed by atoms with Crippen LogP contribution in [0, 0.1) is 0 Å². The molecule has 0 aromatic rings. The molecule has 0 aromatic heterocycles. The van der Waals surface area contributed by atoms with Gasteiger partial charge in [0.2, 0.25) is 0 Å². The average molecular weight is 536 g/mol. The topological polar surface area (TPSA) is 111 Å². The molecule has 0 aliphatic carbocycles. The van der Waals surface area contributed by atoms with Gasteiger partial charge >= 0.3 is 11.9 Å². The molecule has 0 fully saturated rings. The van der Waals surface area contributed by atoms with Crippen molar-refractivity contribution in [2.45, 2.75) is 96.5 Å². The highest BCUT2D eigenvalue weighted by molar-refractivity contribution is 7.45. The highest BCUT2D eigenvalue weighted by atomic mass is 31.2. The molecule has 0 bridgehead atoms. The Bertz CT molecular complexity index is 650. The van der Waals surface area contributed by atoms with Crippen LogP contribution in [0.2, 0.25) is 0 Å². The van der Waals surface area contributed by atoms with Crippen molar-refractivity contribution in [1.29, 1.82) is 0 Å². The molecule has 0 spiro atoms. The Balaban J connectivity index is 4.19. The Morgan fingerprint density at radius 2 is 1.39 bits per heavy atom. The summed E-state index contributed by atoms with van der Waals surface area (Å²) in [5, 5.41) is 0. The zero-order valence-electron chi connectivity index (χ0n) is 23.0. The number of hydrogen-bond acceptors (Lipinski definition) is 8. The highest BCUT2D eigenvalue weighted by Gasteiger charge is 2.22. The van der Waals surface area contributed by atoms with Gasteiger partial charge in [-0.15, -0.1) is 0 Å². The standard InChI is InChI=1S/C26H50NO8P/c1-6-8-9-10-11-12-13-14-15-16-17-18-19-26(29)33-23-24(22-32-25(28)7-2)35-36(30,31)34-21-20-27(3,4)5/h7,24H,2,6,8-23H2,1,3-5H3. The van der Waals surface area contributed by atoms with Crippen LogP contribution in [0.5, 0.6) is 0 Å². The number of phosphoric acid groups is 1. The van der Waals surface area contributed by atoms with Crippen LogP contribution < -0.4 is 4.89 Å². The van der Waals surface area contributed by atoms with Gasteiger partial charge in [-0.2, -0.15) is 0 Å². The van der Waals surface area contributed by atoms with E-state index >= 15 is 0 Å². The Kier molecular flexibility index (Phi) is 20.0. The lowest BCUT2D eigenvalue weighted by Gasteiger charge is -2.29. The number of rotatable bonds is 24. The van der Waals surface area contributed by atoms with Gasteiger partial charge in [-0.25, -0.2) is 4.79 Å². The first-order valence-electron chi connectivity index (χ1n) is 13.4. The molecule has 10 heteroatoms. The first-order valence-corrected chi connectivity index (χ1v) is 14.8. The smallest absolute Gasteiger partial charge is 0.330 e. The van der Waals surface area contributed by atoms with Crippen molar-refractivity contribution in [2.75, 3.05) is 47.5 Å². The van der Waals surface area contributed by atoms with Crippen molar-refractivity contribution >= 4 is 19.8 Å². The van der Waals surface area contributed by atoms with Crippen molar-refractivity contribution in [1.82, 2.24) is 0 Å². The SMILES string of the molecule is C=CC(=O)OCC(COC(=O)CCCCCCCCCCCCCC)OP(=O)([O-])OCC[N+](C)(C)C. The normalized spacial score (nSPS) is 14.1. The summed E-state index contributed by atoms with van der Waals surface area (Å²) in [5.41, 5.74) is 0. The van der Waals surface area contributed by atoms with Crippen molar-refractivity contribution in [3.8, 4) is 0 Å². The van der Waals surface area contributed by atoms with Crippen molar-refractivity contribution in [3.05, 3.63) is 12.7 Å². The van der Waals surface area contributed by atoms with Crippen LogP contribution in [-0.4, -0.2) is 70.0 Å². The fourth-order valence-electron chi connectivity index (χ4n) is 3.35. The molecule has 2 atom stereocenters. The molecule has 2 unspecified atom stereocenters. The number of phosphoric ester groups is 1. The Morgan fingerprint density at radius 1 is 0.889 bits per heavy atom. The van der Waals surface area contributed by atoms with Crippen LogP contribution in [0.1, 0.15) is 90.4 Å². The van der Waals surface area contributed by atoms with Gasteiger partial charge in [0.05, 0.1) is 21.1 Å². The molecule has 0 rings (SSSR count). The predicted octanol–water partition coefficient (Wildman–Crippen LogP) is 4.93. The van der Waals surface area contributed by atoms with Crippen LogP contribution in [0.4, 0.5) is 0 Å². The van der Waals surface area contributed by atoms with E-state index in [-0.39, 0.29) is 19.6 Å². The lowest BCUT2D eigenvalue weighted by Crippen LogP contribution is -2.38. The van der Waals surface area contributed by atoms with Crippen molar-refractivity contribution in [3.63, 3.8) is 0 Å². The van der Waals surface area contributed by atoms with Gasteiger partial charge in [-0.05, 0) is 6.42 Å². The van der Waals surface area contributed by atoms with E-state index < -0.39 is 32.5 Å². The third-order valence-electron chi connectivity index (χ3n) is 5.53. The molecule has 0 saturated carbocycles. The number of carbonyl (C=O) groups is 2. The fourth-order valence-corrected chi connectivity index (χ4v) is 4.20. The summed E-state index contributed by atoms with van der Waals surface area (Å²) < 4.78 is 32.6. The fraction of sp³-hybridized carbons (Fsp3) is 0.846. The number of hydrogen-bond donors (Lipinski definition) is 0. The van der Waals surface area contributed by atoms with Crippen molar-refractivity contribution in [2.24, 2.45) is 0 Å². The van der Waals surface area contributed by atoms with E-state index in [1.165, 1.54) is 57.8 Å². The van der Waals surface area contributed by atoms with Crippen LogP contribution in [-0.2, 0) is 32.7 Å². The molecule has 0 heterocycles. The number of carbonyl (C=O) groups excluding carboxylic acids is 2. The summed E-state index contributed by atoms with van der Waals surface area (Å²) in [6.45, 7) is 5.11. The molecule has 0 aliphatic rings. The van der Waals surface area contributed by atoms with E-state index in [0.717, 1.165) is 18.9 Å². The average Bonchev–Trinajstić information content (AvgIpc) is 2.80. The monoisotopic (exact) mass is 535 g/mol. The van der Waals surface area contributed by atoms with Gasteiger partial charge in [-0.1, -0.05) is 84.1 Å². The van der Waals surface area contributed by atoms with Gasteiger partial charge in [0.1, 0.15) is 32.5 Å². The largest absolute Gasteiger partial charge is 0.756 e. The Hall–Kier alpha value is -1.25. The molecule has 212 valence electrons. The summed E-state index contributed by atoms with van der Waals surface area (Å²) >= 11 is 0. The quantitative estimate of drug-likeness (QED) is 0.0563. The molecule has 0 amide bonds. The maximum Gasteiger partial charge on any atom is 0.330 e. The summed E-state index contributed by atoms with van der Waals surface area (Å²) in [4.78, 5) is 35.6. The van der Waals surface area contributed by atoms with E-state index in [0.29, 0.717) is 17.4 Å². The zero-order valence-corrected chi connectivity index (χ0v) is 23.9. The molecular weight excluding hydrogens is 485 g/mol. The molecule has 9 nitrogen and oxygen atoms in total. The molecule has 0 radical (unpaired) electrons. The zero-order chi connectivity index (χ0) is 27.3. The number of nitrogens with zero attached hydrogens (tertiary/aromatic N) is 1. The van der Waals surface area contributed by atoms with E-state index in [1.807, 2.05) is 21.1 Å². The molecule has 36 heavy (non-hydrogen) atoms. The van der Waals surface area contributed by atoms with Gasteiger partial charge < -0.3 is 27.9 Å². The highest BCUT2D eigenvalue weighted by Crippen LogP contribution is 2.39. The van der Waals surface area contributed by atoms with Gasteiger partial charge in [-0.3, -0.25) is 9.36 Å². The lowest BCUT2D eigenvalue weighted by molar-refractivity contribution is -0.870. The van der Waals surface area contributed by atoms with Gasteiger partial charge in [0, 0.05) is 12.5 Å². The first-order chi connectivity index (χ1) is 17.0. The second kappa shape index (κ2) is 20.8. The van der Waals surface area contributed by atoms with Crippen LogP contribution in [0.3, 0.4) is 0 Å². The lowest BCUT2D eigenvalue weighted by atomic mass is 10.0. The maximum absolute atomic E-state index is 12.2. The molecule has 0 N–H and O–H groups in total. The van der Waals surface area contributed by atoms with E-state index in [1.54, 1.807) is 0 Å². The first kappa shape index (κ1) is 34.8.